The number of amides is 1. The molecule has 116 valence electrons. The zero-order valence-electron chi connectivity index (χ0n) is 12.8. The van der Waals surface area contributed by atoms with E-state index < -0.39 is 0 Å². The Bertz CT molecular complexity index is 486. The van der Waals surface area contributed by atoms with Gasteiger partial charge in [-0.25, -0.2) is 4.98 Å². The maximum Gasteiger partial charge on any atom is 0.223 e. The molecule has 2 atom stereocenters. The fourth-order valence-corrected chi connectivity index (χ4v) is 4.72. The molecule has 1 heterocycles. The normalized spacial score (nSPS) is 32.7. The second-order valence-corrected chi connectivity index (χ2v) is 8.04. The van der Waals surface area contributed by atoms with Gasteiger partial charge in [0.05, 0.1) is 5.54 Å². The lowest BCUT2D eigenvalue weighted by Gasteiger charge is -2.44. The molecule has 2 aliphatic carbocycles. The highest BCUT2D eigenvalue weighted by Gasteiger charge is 2.41. The van der Waals surface area contributed by atoms with Crippen molar-refractivity contribution < 1.29 is 4.79 Å². The minimum absolute atomic E-state index is 0.124. The molecule has 1 aromatic rings. The van der Waals surface area contributed by atoms with Crippen molar-refractivity contribution in [2.45, 2.75) is 57.5 Å². The van der Waals surface area contributed by atoms with Crippen molar-refractivity contribution in [1.82, 2.24) is 10.3 Å². The first-order valence-corrected chi connectivity index (χ1v) is 8.83. The summed E-state index contributed by atoms with van der Waals surface area (Å²) in [6.45, 7) is 4.05. The molecular formula is C16H25N3OS. The Morgan fingerprint density at radius 1 is 1.38 bits per heavy atom. The Hall–Kier alpha value is -0.940. The quantitative estimate of drug-likeness (QED) is 0.902. The van der Waals surface area contributed by atoms with Gasteiger partial charge in [0, 0.05) is 23.5 Å². The summed E-state index contributed by atoms with van der Waals surface area (Å²) in [5.41, 5.74) is 5.92. The zero-order chi connectivity index (χ0) is 15.0. The highest BCUT2D eigenvalue weighted by Crippen LogP contribution is 2.42. The van der Waals surface area contributed by atoms with Gasteiger partial charge in [-0.3, -0.25) is 4.79 Å². The summed E-state index contributed by atoms with van der Waals surface area (Å²) in [5, 5.41) is 6.11. The third-order valence-corrected chi connectivity index (χ3v) is 6.28. The molecule has 5 heteroatoms. The van der Waals surface area contributed by atoms with Crippen LogP contribution in [0.3, 0.4) is 0 Å². The SMILES string of the molecule is CC(C)(NC(=O)C1CC2CCCC(C1)C2N)c1nccs1. The van der Waals surface area contributed by atoms with E-state index in [1.165, 1.54) is 19.3 Å². The van der Waals surface area contributed by atoms with E-state index in [1.807, 2.05) is 19.2 Å². The lowest BCUT2D eigenvalue weighted by molar-refractivity contribution is -0.129. The van der Waals surface area contributed by atoms with Crippen LogP contribution in [0, 0.1) is 17.8 Å². The lowest BCUT2D eigenvalue weighted by atomic mass is 9.65. The fourth-order valence-electron chi connectivity index (χ4n) is 4.00. The van der Waals surface area contributed by atoms with Gasteiger partial charge in [0.25, 0.3) is 0 Å². The summed E-state index contributed by atoms with van der Waals surface area (Å²) in [4.78, 5) is 17.0. The number of nitrogens with zero attached hydrogens (tertiary/aromatic N) is 1. The van der Waals surface area contributed by atoms with Crippen LogP contribution in [-0.2, 0) is 10.3 Å². The van der Waals surface area contributed by atoms with Gasteiger partial charge in [0.15, 0.2) is 0 Å². The molecule has 3 rings (SSSR count). The number of carbonyl (C=O) groups is 1. The number of carbonyl (C=O) groups excluding carboxylic acids is 1. The summed E-state index contributed by atoms with van der Waals surface area (Å²) in [6, 6.07) is 0.315. The van der Waals surface area contributed by atoms with Crippen molar-refractivity contribution in [1.29, 1.82) is 0 Å². The maximum atomic E-state index is 12.7. The largest absolute Gasteiger partial charge is 0.344 e. The first kappa shape index (κ1) is 15.0. The first-order valence-electron chi connectivity index (χ1n) is 7.95. The van der Waals surface area contributed by atoms with Crippen molar-refractivity contribution in [3.05, 3.63) is 16.6 Å². The molecule has 21 heavy (non-hydrogen) atoms. The standard InChI is InChI=1S/C16H25N3OS/c1-16(2,15-18-6-7-21-15)19-14(20)12-8-10-4-3-5-11(9-12)13(10)17/h6-7,10-13H,3-5,8-9,17H2,1-2H3,(H,19,20). The van der Waals surface area contributed by atoms with Crippen molar-refractivity contribution in [2.75, 3.05) is 0 Å². The van der Waals surface area contributed by atoms with Crippen molar-refractivity contribution in [2.24, 2.45) is 23.5 Å². The minimum Gasteiger partial charge on any atom is -0.344 e. The topological polar surface area (TPSA) is 68.0 Å². The number of aromatic nitrogens is 1. The van der Waals surface area contributed by atoms with Crippen molar-refractivity contribution in [3.63, 3.8) is 0 Å². The van der Waals surface area contributed by atoms with Gasteiger partial charge in [-0.15, -0.1) is 11.3 Å². The van der Waals surface area contributed by atoms with E-state index in [4.69, 9.17) is 5.73 Å². The number of fused-ring (bicyclic) bond motifs is 2. The molecule has 2 bridgehead atoms. The molecule has 4 nitrogen and oxygen atoms in total. The second-order valence-electron chi connectivity index (χ2n) is 7.15. The predicted octanol–water partition coefficient (Wildman–Crippen LogP) is 2.65. The summed E-state index contributed by atoms with van der Waals surface area (Å²) in [5.74, 6) is 1.38. The maximum absolute atomic E-state index is 12.7. The molecule has 2 fully saturated rings. The molecule has 0 aliphatic heterocycles. The van der Waals surface area contributed by atoms with Gasteiger partial charge in [-0.2, -0.15) is 0 Å². The van der Waals surface area contributed by atoms with Crippen LogP contribution < -0.4 is 11.1 Å². The van der Waals surface area contributed by atoms with Crippen LogP contribution in [-0.4, -0.2) is 16.9 Å². The summed E-state index contributed by atoms with van der Waals surface area (Å²) < 4.78 is 0. The molecule has 0 spiro atoms. The Morgan fingerprint density at radius 3 is 2.62 bits per heavy atom. The Balaban J connectivity index is 1.66. The number of thiazole rings is 1. The molecule has 1 aromatic heterocycles. The van der Waals surface area contributed by atoms with Gasteiger partial charge in [0.2, 0.25) is 5.91 Å². The summed E-state index contributed by atoms with van der Waals surface area (Å²) in [7, 11) is 0. The van der Waals surface area contributed by atoms with Gasteiger partial charge in [-0.05, 0) is 51.4 Å². The van der Waals surface area contributed by atoms with E-state index in [1.54, 1.807) is 17.5 Å². The average Bonchev–Trinajstić information content (AvgIpc) is 2.92. The van der Waals surface area contributed by atoms with E-state index in [0.29, 0.717) is 17.9 Å². The Kier molecular flexibility index (Phi) is 4.06. The Morgan fingerprint density at radius 2 is 2.05 bits per heavy atom. The molecule has 0 aromatic carbocycles. The van der Waals surface area contributed by atoms with Gasteiger partial charge < -0.3 is 11.1 Å². The number of nitrogens with one attached hydrogen (secondary N) is 1. The second kappa shape index (κ2) is 5.69. The summed E-state index contributed by atoms with van der Waals surface area (Å²) in [6.07, 6.45) is 7.36. The van der Waals surface area contributed by atoms with Crippen LogP contribution in [0.2, 0.25) is 0 Å². The molecule has 3 N–H and O–H groups in total. The van der Waals surface area contributed by atoms with E-state index in [9.17, 15) is 4.79 Å². The Labute approximate surface area is 130 Å². The molecular weight excluding hydrogens is 282 g/mol. The lowest BCUT2D eigenvalue weighted by Crippen LogP contribution is -2.51. The molecule has 0 saturated heterocycles. The number of rotatable bonds is 3. The van der Waals surface area contributed by atoms with Crippen LogP contribution >= 0.6 is 11.3 Å². The number of hydrogen-bond donors (Lipinski definition) is 2. The van der Waals surface area contributed by atoms with Crippen LogP contribution in [0.1, 0.15) is 51.0 Å². The van der Waals surface area contributed by atoms with Gasteiger partial charge in [0.1, 0.15) is 5.01 Å². The third kappa shape index (κ3) is 2.99. The van der Waals surface area contributed by atoms with Crippen LogP contribution in [0.25, 0.3) is 0 Å². The monoisotopic (exact) mass is 307 g/mol. The van der Waals surface area contributed by atoms with E-state index in [0.717, 1.165) is 17.8 Å². The summed E-state index contributed by atoms with van der Waals surface area (Å²) >= 11 is 1.59. The van der Waals surface area contributed by atoms with Crippen LogP contribution in [0.4, 0.5) is 0 Å². The first-order chi connectivity index (χ1) is 9.97. The molecule has 0 radical (unpaired) electrons. The molecule has 1 amide bonds. The van der Waals surface area contributed by atoms with E-state index >= 15 is 0 Å². The number of nitrogens with two attached hydrogens (primary N) is 1. The zero-order valence-corrected chi connectivity index (χ0v) is 13.7. The highest BCUT2D eigenvalue weighted by molar-refractivity contribution is 7.09. The van der Waals surface area contributed by atoms with Gasteiger partial charge >= 0.3 is 0 Å². The average molecular weight is 307 g/mol. The smallest absolute Gasteiger partial charge is 0.223 e. The molecule has 2 saturated carbocycles. The predicted molar refractivity (Wildman–Crippen MR) is 84.8 cm³/mol. The van der Waals surface area contributed by atoms with E-state index in [2.05, 4.69) is 10.3 Å². The fraction of sp³-hybridized carbons (Fsp3) is 0.750. The van der Waals surface area contributed by atoms with Crippen LogP contribution in [0.5, 0.6) is 0 Å². The van der Waals surface area contributed by atoms with E-state index in [-0.39, 0.29) is 17.4 Å². The van der Waals surface area contributed by atoms with Crippen molar-refractivity contribution in [3.8, 4) is 0 Å². The van der Waals surface area contributed by atoms with Crippen LogP contribution in [0.15, 0.2) is 11.6 Å². The highest BCUT2D eigenvalue weighted by atomic mass is 32.1. The van der Waals surface area contributed by atoms with Crippen molar-refractivity contribution >= 4 is 17.2 Å². The number of hydrogen-bond acceptors (Lipinski definition) is 4. The minimum atomic E-state index is -0.389. The third-order valence-electron chi connectivity index (χ3n) is 5.19. The molecule has 2 aliphatic rings. The molecule has 2 unspecified atom stereocenters. The van der Waals surface area contributed by atoms with Gasteiger partial charge in [-0.1, -0.05) is 6.42 Å².